The first kappa shape index (κ1) is 19.8. The Morgan fingerprint density at radius 1 is 0.812 bits per heavy atom. The highest BCUT2D eigenvalue weighted by atomic mass is 19.2. The molecule has 2 aromatic heterocycles. The number of hydrogen-bond acceptors (Lipinski definition) is 2. The Morgan fingerprint density at radius 2 is 1.53 bits per heavy atom. The molecule has 6 rings (SSSR count). The average Bonchev–Trinajstić information content (AvgIpc) is 3.55. The maximum atomic E-state index is 13.9. The third kappa shape index (κ3) is 3.46. The predicted molar refractivity (Wildman–Crippen MR) is 118 cm³/mol. The van der Waals surface area contributed by atoms with Crippen LogP contribution in [0, 0.1) is 29.3 Å². The zero-order valence-corrected chi connectivity index (χ0v) is 17.6. The van der Waals surface area contributed by atoms with E-state index in [1.54, 1.807) is 12.1 Å². The van der Waals surface area contributed by atoms with Crippen molar-refractivity contribution < 1.29 is 13.2 Å². The van der Waals surface area contributed by atoms with E-state index in [0.717, 1.165) is 42.4 Å². The van der Waals surface area contributed by atoms with E-state index in [0.29, 0.717) is 34.7 Å². The minimum Gasteiger partial charge on any atom is -0.342 e. The molecule has 2 saturated carbocycles. The standard InChI is InChI=1S/C26H24F3N3/c27-17-7-8-22-19(11-17)18(9-10-30-22)14-1-3-15(4-2-14)25(16-5-6-16)26-31-23-12-20(28)21(29)13-24(23)32-26/h7-16,25H,1-6H2,(H,31,32). The second kappa shape index (κ2) is 7.61. The zero-order valence-electron chi connectivity index (χ0n) is 17.6. The van der Waals surface area contributed by atoms with Crippen molar-refractivity contribution in [3.05, 3.63) is 71.4 Å². The highest BCUT2D eigenvalue weighted by molar-refractivity contribution is 5.82. The van der Waals surface area contributed by atoms with Gasteiger partial charge in [0, 0.05) is 29.6 Å². The van der Waals surface area contributed by atoms with Gasteiger partial charge in [0.1, 0.15) is 11.6 Å². The van der Waals surface area contributed by atoms with E-state index >= 15 is 0 Å². The van der Waals surface area contributed by atoms with Gasteiger partial charge in [-0.05, 0) is 86.1 Å². The summed E-state index contributed by atoms with van der Waals surface area (Å²) in [7, 11) is 0. The van der Waals surface area contributed by atoms with E-state index in [-0.39, 0.29) is 5.82 Å². The molecule has 3 nitrogen and oxygen atoms in total. The summed E-state index contributed by atoms with van der Waals surface area (Å²) in [6.07, 6.45) is 8.37. The van der Waals surface area contributed by atoms with E-state index in [9.17, 15) is 13.2 Å². The molecule has 1 unspecified atom stereocenters. The first-order valence-corrected chi connectivity index (χ1v) is 11.5. The van der Waals surface area contributed by atoms with Crippen LogP contribution in [0.1, 0.15) is 61.7 Å². The Labute approximate surface area is 184 Å². The highest BCUT2D eigenvalue weighted by Crippen LogP contribution is 2.51. The number of nitrogens with zero attached hydrogens (tertiary/aromatic N) is 2. The molecule has 2 fully saturated rings. The first-order chi connectivity index (χ1) is 15.6. The van der Waals surface area contributed by atoms with Crippen molar-refractivity contribution in [2.75, 3.05) is 0 Å². The smallest absolute Gasteiger partial charge is 0.161 e. The molecule has 6 heteroatoms. The fourth-order valence-electron chi connectivity index (χ4n) is 5.75. The molecular formula is C26H24F3N3. The minimum absolute atomic E-state index is 0.230. The molecule has 164 valence electrons. The SMILES string of the molecule is Fc1ccc2nccc(C3CCC(C(c4nc5cc(F)c(F)cc5[nH]4)C4CC4)CC3)c2c1. The molecule has 2 aromatic carbocycles. The fourth-order valence-corrected chi connectivity index (χ4v) is 5.75. The van der Waals surface area contributed by atoms with Gasteiger partial charge in [0.05, 0.1) is 16.6 Å². The monoisotopic (exact) mass is 435 g/mol. The van der Waals surface area contributed by atoms with Crippen molar-refractivity contribution in [2.24, 2.45) is 11.8 Å². The number of aromatic amines is 1. The summed E-state index contributed by atoms with van der Waals surface area (Å²) in [5, 5.41) is 0.913. The van der Waals surface area contributed by atoms with Gasteiger partial charge >= 0.3 is 0 Å². The molecular weight excluding hydrogens is 411 g/mol. The minimum atomic E-state index is -0.861. The topological polar surface area (TPSA) is 41.6 Å². The van der Waals surface area contributed by atoms with Crippen molar-refractivity contribution in [1.29, 1.82) is 0 Å². The molecule has 0 amide bonds. The number of halogens is 3. The van der Waals surface area contributed by atoms with Crippen LogP contribution in [-0.2, 0) is 0 Å². The normalized spacial score (nSPS) is 22.5. The van der Waals surface area contributed by atoms with Crippen molar-refractivity contribution >= 4 is 21.9 Å². The lowest BCUT2D eigenvalue weighted by Crippen LogP contribution is -2.22. The van der Waals surface area contributed by atoms with E-state index < -0.39 is 11.6 Å². The first-order valence-electron chi connectivity index (χ1n) is 11.5. The number of aromatic nitrogens is 3. The molecule has 0 bridgehead atoms. The molecule has 0 spiro atoms. The summed E-state index contributed by atoms with van der Waals surface area (Å²) in [5.74, 6) is 0.677. The van der Waals surface area contributed by atoms with Crippen molar-refractivity contribution in [3.63, 3.8) is 0 Å². The summed E-state index contributed by atoms with van der Waals surface area (Å²) >= 11 is 0. The van der Waals surface area contributed by atoms with Crippen molar-refractivity contribution in [3.8, 4) is 0 Å². The molecule has 4 aromatic rings. The van der Waals surface area contributed by atoms with Crippen LogP contribution in [0.25, 0.3) is 21.9 Å². The zero-order chi connectivity index (χ0) is 21.8. The third-order valence-electron chi connectivity index (χ3n) is 7.44. The molecule has 1 atom stereocenters. The Hall–Kier alpha value is -2.89. The Bertz CT molecular complexity index is 1260. The van der Waals surface area contributed by atoms with Crippen LogP contribution in [0.5, 0.6) is 0 Å². The van der Waals surface area contributed by atoms with Crippen LogP contribution in [-0.4, -0.2) is 15.0 Å². The summed E-state index contributed by atoms with van der Waals surface area (Å²) in [5.41, 5.74) is 3.07. The second-order valence-electron chi connectivity index (χ2n) is 9.44. The molecule has 0 saturated heterocycles. The van der Waals surface area contributed by atoms with Gasteiger partial charge in [-0.3, -0.25) is 4.98 Å². The maximum Gasteiger partial charge on any atom is 0.161 e. The summed E-state index contributed by atoms with van der Waals surface area (Å²) in [4.78, 5) is 12.3. The molecule has 2 aliphatic rings. The highest BCUT2D eigenvalue weighted by Gasteiger charge is 2.41. The number of pyridine rings is 1. The second-order valence-corrected chi connectivity index (χ2v) is 9.44. The van der Waals surface area contributed by atoms with Gasteiger partial charge < -0.3 is 4.98 Å². The maximum absolute atomic E-state index is 13.9. The van der Waals surface area contributed by atoms with Crippen molar-refractivity contribution in [1.82, 2.24) is 15.0 Å². The molecule has 1 N–H and O–H groups in total. The largest absolute Gasteiger partial charge is 0.342 e. The molecule has 0 radical (unpaired) electrons. The fraction of sp³-hybridized carbons (Fsp3) is 0.385. The van der Waals surface area contributed by atoms with Crippen LogP contribution < -0.4 is 0 Å². The van der Waals surface area contributed by atoms with Gasteiger partial charge in [0.15, 0.2) is 11.6 Å². The number of fused-ring (bicyclic) bond motifs is 2. The van der Waals surface area contributed by atoms with Crippen LogP contribution >= 0.6 is 0 Å². The lowest BCUT2D eigenvalue weighted by atomic mass is 9.72. The Kier molecular flexibility index (Phi) is 4.70. The Morgan fingerprint density at radius 3 is 2.28 bits per heavy atom. The van der Waals surface area contributed by atoms with Gasteiger partial charge in [-0.1, -0.05) is 0 Å². The molecule has 0 aliphatic heterocycles. The summed E-state index contributed by atoms with van der Waals surface area (Å²) in [6, 6.07) is 9.23. The molecule has 2 aliphatic carbocycles. The lowest BCUT2D eigenvalue weighted by molar-refractivity contribution is 0.259. The average molecular weight is 435 g/mol. The van der Waals surface area contributed by atoms with E-state index in [1.807, 2.05) is 12.3 Å². The lowest BCUT2D eigenvalue weighted by Gasteiger charge is -2.34. The van der Waals surface area contributed by atoms with Crippen LogP contribution in [0.3, 0.4) is 0 Å². The van der Waals surface area contributed by atoms with Gasteiger partial charge in [0.25, 0.3) is 0 Å². The molecule has 2 heterocycles. The van der Waals surface area contributed by atoms with Gasteiger partial charge in [-0.2, -0.15) is 0 Å². The summed E-state index contributed by atoms with van der Waals surface area (Å²) in [6.45, 7) is 0. The summed E-state index contributed by atoms with van der Waals surface area (Å²) < 4.78 is 41.2. The van der Waals surface area contributed by atoms with E-state index in [2.05, 4.69) is 15.0 Å². The third-order valence-corrected chi connectivity index (χ3v) is 7.44. The number of rotatable bonds is 4. The Balaban J connectivity index is 1.26. The number of imidazole rings is 1. The predicted octanol–water partition coefficient (Wildman–Crippen LogP) is 7.00. The quantitative estimate of drug-likeness (QED) is 0.375. The van der Waals surface area contributed by atoms with Crippen LogP contribution in [0.2, 0.25) is 0 Å². The van der Waals surface area contributed by atoms with E-state index in [4.69, 9.17) is 0 Å². The van der Waals surface area contributed by atoms with Crippen LogP contribution in [0.4, 0.5) is 13.2 Å². The number of H-pyrrole nitrogens is 1. The van der Waals surface area contributed by atoms with Gasteiger partial charge in [-0.15, -0.1) is 0 Å². The van der Waals surface area contributed by atoms with E-state index in [1.165, 1.54) is 36.6 Å². The molecule has 32 heavy (non-hydrogen) atoms. The van der Waals surface area contributed by atoms with Crippen molar-refractivity contribution in [2.45, 2.75) is 50.4 Å². The number of hydrogen-bond donors (Lipinski definition) is 1. The van der Waals surface area contributed by atoms with Gasteiger partial charge in [-0.25, -0.2) is 18.2 Å². The number of benzene rings is 2. The van der Waals surface area contributed by atoms with Gasteiger partial charge in [0.2, 0.25) is 0 Å². The van der Waals surface area contributed by atoms with Crippen LogP contribution in [0.15, 0.2) is 42.6 Å². The number of nitrogens with one attached hydrogen (secondary N) is 1.